The van der Waals surface area contributed by atoms with Crippen LogP contribution in [0.4, 0.5) is 11.5 Å². The van der Waals surface area contributed by atoms with Gasteiger partial charge in [0.2, 0.25) is 5.82 Å². The van der Waals surface area contributed by atoms with Gasteiger partial charge in [-0.1, -0.05) is 41.0 Å². The average molecular weight is 467 g/mol. The molecule has 0 aliphatic carbocycles. The van der Waals surface area contributed by atoms with E-state index in [0.29, 0.717) is 44.7 Å². The van der Waals surface area contributed by atoms with Crippen LogP contribution in [0.3, 0.4) is 0 Å². The van der Waals surface area contributed by atoms with Crippen molar-refractivity contribution < 1.29 is 9.47 Å². The highest BCUT2D eigenvalue weighted by Gasteiger charge is 2.14. The first-order chi connectivity index (χ1) is 14.5. The van der Waals surface area contributed by atoms with Crippen molar-refractivity contribution in [2.75, 3.05) is 19.5 Å². The molecule has 0 unspecified atom stereocenters. The van der Waals surface area contributed by atoms with Gasteiger partial charge >= 0.3 is 0 Å². The van der Waals surface area contributed by atoms with E-state index in [2.05, 4.69) is 15.5 Å². The Kier molecular flexibility index (Phi) is 7.47. The number of hydrogen-bond donors (Lipinski definition) is 1. The summed E-state index contributed by atoms with van der Waals surface area (Å²) in [6.07, 6.45) is 0. The Morgan fingerprint density at radius 1 is 1.07 bits per heavy atom. The van der Waals surface area contributed by atoms with Crippen LogP contribution in [0, 0.1) is 0 Å². The first-order valence-corrected chi connectivity index (χ1v) is 10.7. The highest BCUT2D eigenvalue weighted by atomic mass is 35.5. The summed E-state index contributed by atoms with van der Waals surface area (Å²) in [5.41, 5.74) is 1.20. The maximum atomic E-state index is 12.9. The standard InChI is InChI=1S/C20H20Cl2N4O3S/c1-4-26-19(27)18(23-15-10-13(21)6-7-14(15)22)24-25-20(26)30-11-12-5-8-16(28-2)17(9-12)29-3/h5-10H,4,11H2,1-3H3,(H,23,24). The van der Waals surface area contributed by atoms with Crippen LogP contribution in [0.2, 0.25) is 10.0 Å². The minimum atomic E-state index is -0.293. The molecule has 1 heterocycles. The van der Waals surface area contributed by atoms with E-state index in [9.17, 15) is 4.79 Å². The molecule has 0 fully saturated rings. The summed E-state index contributed by atoms with van der Waals surface area (Å²) in [5.74, 6) is 1.97. The Morgan fingerprint density at radius 3 is 2.53 bits per heavy atom. The fourth-order valence-electron chi connectivity index (χ4n) is 2.71. The lowest BCUT2D eigenvalue weighted by Gasteiger charge is -2.13. The van der Waals surface area contributed by atoms with Crippen molar-refractivity contribution in [3.05, 3.63) is 62.4 Å². The number of halogens is 2. The van der Waals surface area contributed by atoms with Gasteiger partial charge in [0.25, 0.3) is 5.56 Å². The fraction of sp³-hybridized carbons (Fsp3) is 0.250. The number of hydrogen-bond acceptors (Lipinski definition) is 7. The van der Waals surface area contributed by atoms with Gasteiger partial charge < -0.3 is 14.8 Å². The molecule has 0 saturated carbocycles. The van der Waals surface area contributed by atoms with Crippen LogP contribution in [-0.2, 0) is 12.3 Å². The van der Waals surface area contributed by atoms with Crippen molar-refractivity contribution in [2.24, 2.45) is 0 Å². The van der Waals surface area contributed by atoms with Crippen LogP contribution >= 0.6 is 35.0 Å². The Bertz CT molecular complexity index is 1110. The third-order valence-electron chi connectivity index (χ3n) is 4.23. The number of ether oxygens (including phenoxy) is 2. The van der Waals surface area contributed by atoms with Gasteiger partial charge in [0.15, 0.2) is 16.7 Å². The first-order valence-electron chi connectivity index (χ1n) is 9.00. The second kappa shape index (κ2) is 10.1. The molecule has 0 radical (unpaired) electrons. The lowest BCUT2D eigenvalue weighted by atomic mass is 10.2. The van der Waals surface area contributed by atoms with Crippen molar-refractivity contribution in [3.63, 3.8) is 0 Å². The molecule has 1 N–H and O–H groups in total. The average Bonchev–Trinajstić information content (AvgIpc) is 2.76. The molecule has 0 saturated heterocycles. The number of nitrogens with one attached hydrogen (secondary N) is 1. The molecule has 7 nitrogen and oxygen atoms in total. The number of thioether (sulfide) groups is 1. The molecule has 1 aromatic heterocycles. The third-order valence-corrected chi connectivity index (χ3v) is 5.83. The van der Waals surface area contributed by atoms with E-state index in [4.69, 9.17) is 32.7 Å². The maximum Gasteiger partial charge on any atom is 0.297 e. The SMILES string of the molecule is CCn1c(SCc2ccc(OC)c(OC)c2)nnc(Nc2cc(Cl)ccc2Cl)c1=O. The minimum absolute atomic E-state index is 0.0801. The summed E-state index contributed by atoms with van der Waals surface area (Å²) in [6.45, 7) is 2.32. The number of aromatic nitrogens is 3. The van der Waals surface area contributed by atoms with Gasteiger partial charge in [-0.25, -0.2) is 0 Å². The third kappa shape index (κ3) is 5.00. The summed E-state index contributed by atoms with van der Waals surface area (Å²) >= 11 is 13.6. The largest absolute Gasteiger partial charge is 0.493 e. The van der Waals surface area contributed by atoms with E-state index in [1.807, 2.05) is 25.1 Å². The molecule has 158 valence electrons. The Hall–Kier alpha value is -2.42. The van der Waals surface area contributed by atoms with E-state index in [1.165, 1.54) is 11.8 Å². The van der Waals surface area contributed by atoms with Crippen LogP contribution in [0.1, 0.15) is 12.5 Å². The van der Waals surface area contributed by atoms with Crippen molar-refractivity contribution in [3.8, 4) is 11.5 Å². The van der Waals surface area contributed by atoms with E-state index < -0.39 is 0 Å². The maximum absolute atomic E-state index is 12.9. The van der Waals surface area contributed by atoms with Gasteiger partial charge in [-0.15, -0.1) is 10.2 Å². The van der Waals surface area contributed by atoms with E-state index in [0.717, 1.165) is 5.56 Å². The van der Waals surface area contributed by atoms with Crippen LogP contribution in [-0.4, -0.2) is 29.0 Å². The molecule has 0 atom stereocenters. The van der Waals surface area contributed by atoms with Gasteiger partial charge in [0.1, 0.15) is 0 Å². The molecule has 0 bridgehead atoms. The zero-order chi connectivity index (χ0) is 21.7. The van der Waals surface area contributed by atoms with Gasteiger partial charge in [-0.3, -0.25) is 9.36 Å². The molecule has 0 amide bonds. The van der Waals surface area contributed by atoms with E-state index in [-0.39, 0.29) is 11.4 Å². The quantitative estimate of drug-likeness (QED) is 0.466. The van der Waals surface area contributed by atoms with Gasteiger partial charge in [-0.2, -0.15) is 0 Å². The molecule has 10 heteroatoms. The van der Waals surface area contributed by atoms with Crippen molar-refractivity contribution in [1.29, 1.82) is 0 Å². The molecule has 0 aliphatic rings. The van der Waals surface area contributed by atoms with Crippen LogP contribution in [0.25, 0.3) is 0 Å². The smallest absolute Gasteiger partial charge is 0.297 e. The van der Waals surface area contributed by atoms with Crippen molar-refractivity contribution >= 4 is 46.5 Å². The Morgan fingerprint density at radius 2 is 1.83 bits per heavy atom. The van der Waals surface area contributed by atoms with Crippen LogP contribution in [0.5, 0.6) is 11.5 Å². The highest BCUT2D eigenvalue weighted by molar-refractivity contribution is 7.98. The van der Waals surface area contributed by atoms with E-state index >= 15 is 0 Å². The van der Waals surface area contributed by atoms with Crippen LogP contribution in [0.15, 0.2) is 46.3 Å². The second-order valence-corrected chi connectivity index (χ2v) is 7.89. The predicted octanol–water partition coefficient (Wildman–Crippen LogP) is 5.02. The monoisotopic (exact) mass is 466 g/mol. The second-order valence-electron chi connectivity index (χ2n) is 6.11. The first kappa shape index (κ1) is 22.3. The zero-order valence-corrected chi connectivity index (χ0v) is 18.9. The Balaban J connectivity index is 1.82. The van der Waals surface area contributed by atoms with Gasteiger partial charge in [0.05, 0.1) is 24.9 Å². The topological polar surface area (TPSA) is 78.3 Å². The predicted molar refractivity (Wildman–Crippen MR) is 121 cm³/mol. The van der Waals surface area contributed by atoms with Crippen LogP contribution < -0.4 is 20.3 Å². The lowest BCUT2D eigenvalue weighted by molar-refractivity contribution is 0.354. The molecular formula is C20H20Cl2N4O3S. The number of anilines is 2. The summed E-state index contributed by atoms with van der Waals surface area (Å²) in [4.78, 5) is 12.9. The minimum Gasteiger partial charge on any atom is -0.493 e. The summed E-state index contributed by atoms with van der Waals surface area (Å²) in [6, 6.07) is 10.6. The highest BCUT2D eigenvalue weighted by Crippen LogP contribution is 2.30. The fourth-order valence-corrected chi connectivity index (χ4v) is 3.99. The molecule has 0 aliphatic heterocycles. The Labute approximate surface area is 188 Å². The number of rotatable bonds is 8. The molecule has 2 aromatic carbocycles. The van der Waals surface area contributed by atoms with Crippen molar-refractivity contribution in [2.45, 2.75) is 24.4 Å². The molecule has 3 aromatic rings. The number of nitrogens with zero attached hydrogens (tertiary/aromatic N) is 3. The zero-order valence-electron chi connectivity index (χ0n) is 16.6. The van der Waals surface area contributed by atoms with Crippen molar-refractivity contribution in [1.82, 2.24) is 14.8 Å². The molecule has 30 heavy (non-hydrogen) atoms. The van der Waals surface area contributed by atoms with Gasteiger partial charge in [0, 0.05) is 17.3 Å². The summed E-state index contributed by atoms with van der Waals surface area (Å²) in [7, 11) is 3.18. The lowest BCUT2D eigenvalue weighted by Crippen LogP contribution is -2.26. The molecular weight excluding hydrogens is 447 g/mol. The van der Waals surface area contributed by atoms with E-state index in [1.54, 1.807) is 37.0 Å². The summed E-state index contributed by atoms with van der Waals surface area (Å²) in [5, 5.41) is 12.7. The molecule has 3 rings (SSSR count). The number of benzene rings is 2. The normalized spacial score (nSPS) is 10.7. The molecule has 0 spiro atoms. The number of methoxy groups -OCH3 is 2. The summed E-state index contributed by atoms with van der Waals surface area (Å²) < 4.78 is 12.2. The van der Waals surface area contributed by atoms with Gasteiger partial charge in [-0.05, 0) is 42.8 Å².